The maximum absolute atomic E-state index is 13.3. The van der Waals surface area contributed by atoms with Crippen LogP contribution in [0.5, 0.6) is 23.0 Å². The van der Waals surface area contributed by atoms with E-state index in [0.29, 0.717) is 46.2 Å². The number of halogens is 1. The Bertz CT molecular complexity index is 1470. The first-order valence-corrected chi connectivity index (χ1v) is 12.6. The predicted octanol–water partition coefficient (Wildman–Crippen LogP) is 5.13. The number of carbonyl (C=O) groups excluding carboxylic acids is 3. The minimum Gasteiger partial charge on any atom is -0.490 e. The fraction of sp³-hybridized carbons (Fsp3) is 0.179. The van der Waals surface area contributed by atoms with Crippen LogP contribution in [0.15, 0.2) is 64.6 Å². The topological polar surface area (TPSA) is 103 Å². The van der Waals surface area contributed by atoms with Crippen LogP contribution in [0, 0.1) is 6.92 Å². The number of fused-ring (bicyclic) bond motifs is 1. The summed E-state index contributed by atoms with van der Waals surface area (Å²) in [6, 6.07) is 15.2. The van der Waals surface area contributed by atoms with Gasteiger partial charge in [-0.05, 0) is 71.2 Å². The normalized spacial score (nSPS) is 15.6. The van der Waals surface area contributed by atoms with Gasteiger partial charge in [0.15, 0.2) is 23.0 Å². The maximum atomic E-state index is 13.3. The fourth-order valence-corrected chi connectivity index (χ4v) is 4.57. The van der Waals surface area contributed by atoms with Crippen molar-refractivity contribution in [1.82, 2.24) is 5.32 Å². The molecule has 2 heterocycles. The Balaban J connectivity index is 1.44. The molecule has 4 amide bonds. The van der Waals surface area contributed by atoms with E-state index in [9.17, 15) is 14.4 Å². The standard InChI is InChI=1S/C28H23BrN2O7/c1-3-35-24-12-18(11-21(29)25(24)36-14-17-6-4-16(2)5-7-17)10-20-26(32)30-28(34)31(27(20)33)19-8-9-22-23(13-19)38-15-37-22/h4-13H,3,14-15H2,1-2H3,(H,30,32,34)/b20-10+. The number of rotatable bonds is 7. The van der Waals surface area contributed by atoms with E-state index >= 15 is 0 Å². The minimum absolute atomic E-state index is 0.0460. The van der Waals surface area contributed by atoms with Gasteiger partial charge in [0.05, 0.1) is 16.8 Å². The average molecular weight is 579 g/mol. The molecule has 0 aliphatic carbocycles. The lowest BCUT2D eigenvalue weighted by Gasteiger charge is -2.26. The second-order valence-electron chi connectivity index (χ2n) is 8.53. The molecule has 194 valence electrons. The third-order valence-corrected chi connectivity index (χ3v) is 6.45. The van der Waals surface area contributed by atoms with Gasteiger partial charge >= 0.3 is 6.03 Å². The molecule has 2 aliphatic rings. The van der Waals surface area contributed by atoms with Gasteiger partial charge in [-0.25, -0.2) is 9.69 Å². The van der Waals surface area contributed by atoms with Crippen molar-refractivity contribution < 1.29 is 33.3 Å². The lowest BCUT2D eigenvalue weighted by molar-refractivity contribution is -0.122. The third kappa shape index (κ3) is 5.08. The first-order chi connectivity index (χ1) is 18.3. The number of amides is 4. The summed E-state index contributed by atoms with van der Waals surface area (Å²) in [6.45, 7) is 4.61. The minimum atomic E-state index is -0.855. The molecular weight excluding hydrogens is 556 g/mol. The molecule has 2 aliphatic heterocycles. The van der Waals surface area contributed by atoms with E-state index in [1.807, 2.05) is 38.1 Å². The number of ether oxygens (including phenoxy) is 4. The molecule has 38 heavy (non-hydrogen) atoms. The molecule has 0 saturated carbocycles. The summed E-state index contributed by atoms with van der Waals surface area (Å²) >= 11 is 3.52. The van der Waals surface area contributed by atoms with E-state index in [-0.39, 0.29) is 18.1 Å². The first kappa shape index (κ1) is 25.3. The number of nitrogens with one attached hydrogen (secondary N) is 1. The molecule has 3 aromatic carbocycles. The van der Waals surface area contributed by atoms with Crippen LogP contribution in [0.4, 0.5) is 10.5 Å². The van der Waals surface area contributed by atoms with Gasteiger partial charge in [0.2, 0.25) is 6.79 Å². The van der Waals surface area contributed by atoms with Gasteiger partial charge in [0, 0.05) is 6.07 Å². The van der Waals surface area contributed by atoms with Crippen molar-refractivity contribution in [1.29, 1.82) is 0 Å². The number of benzene rings is 3. The molecule has 1 N–H and O–H groups in total. The Labute approximate surface area is 227 Å². The maximum Gasteiger partial charge on any atom is 0.335 e. The van der Waals surface area contributed by atoms with E-state index in [1.54, 1.807) is 24.3 Å². The number of hydrogen-bond acceptors (Lipinski definition) is 7. The van der Waals surface area contributed by atoms with E-state index in [4.69, 9.17) is 18.9 Å². The Morgan fingerprint density at radius 3 is 2.53 bits per heavy atom. The van der Waals surface area contributed by atoms with Gasteiger partial charge in [-0.1, -0.05) is 29.8 Å². The van der Waals surface area contributed by atoms with Gasteiger partial charge in [-0.2, -0.15) is 0 Å². The van der Waals surface area contributed by atoms with Crippen molar-refractivity contribution in [2.75, 3.05) is 18.3 Å². The smallest absolute Gasteiger partial charge is 0.335 e. The predicted molar refractivity (Wildman–Crippen MR) is 142 cm³/mol. The second-order valence-corrected chi connectivity index (χ2v) is 9.39. The molecule has 0 atom stereocenters. The van der Waals surface area contributed by atoms with Crippen LogP contribution in [-0.4, -0.2) is 31.2 Å². The van der Waals surface area contributed by atoms with Crippen LogP contribution < -0.4 is 29.2 Å². The number of anilines is 1. The summed E-state index contributed by atoms with van der Waals surface area (Å²) in [7, 11) is 0. The molecule has 1 fully saturated rings. The van der Waals surface area contributed by atoms with E-state index in [1.165, 1.54) is 12.1 Å². The Hall–Kier alpha value is -4.31. The summed E-state index contributed by atoms with van der Waals surface area (Å²) in [4.78, 5) is 39.5. The molecule has 5 rings (SSSR count). The van der Waals surface area contributed by atoms with Crippen molar-refractivity contribution >= 4 is 45.5 Å². The quantitative estimate of drug-likeness (QED) is 0.306. The number of carbonyl (C=O) groups is 3. The number of imide groups is 2. The van der Waals surface area contributed by atoms with Crippen LogP contribution in [0.25, 0.3) is 6.08 Å². The lowest BCUT2D eigenvalue weighted by Crippen LogP contribution is -2.54. The molecule has 9 nitrogen and oxygen atoms in total. The van der Waals surface area contributed by atoms with Crippen molar-refractivity contribution in [3.63, 3.8) is 0 Å². The largest absolute Gasteiger partial charge is 0.490 e. The highest BCUT2D eigenvalue weighted by atomic mass is 79.9. The van der Waals surface area contributed by atoms with Crippen molar-refractivity contribution in [2.24, 2.45) is 0 Å². The number of nitrogens with zero attached hydrogens (tertiary/aromatic N) is 1. The van der Waals surface area contributed by atoms with Crippen LogP contribution in [0.3, 0.4) is 0 Å². The Morgan fingerprint density at radius 2 is 1.76 bits per heavy atom. The zero-order valence-corrected chi connectivity index (χ0v) is 22.2. The van der Waals surface area contributed by atoms with Crippen LogP contribution in [-0.2, 0) is 16.2 Å². The van der Waals surface area contributed by atoms with Gasteiger partial charge in [0.1, 0.15) is 12.2 Å². The second kappa shape index (κ2) is 10.6. The number of hydrogen-bond donors (Lipinski definition) is 1. The van der Waals surface area contributed by atoms with Crippen LogP contribution in [0.1, 0.15) is 23.6 Å². The molecule has 0 bridgehead atoms. The highest BCUT2D eigenvalue weighted by Crippen LogP contribution is 2.39. The average Bonchev–Trinajstić information content (AvgIpc) is 3.35. The fourth-order valence-electron chi connectivity index (χ4n) is 4.00. The molecule has 0 radical (unpaired) electrons. The monoisotopic (exact) mass is 578 g/mol. The Morgan fingerprint density at radius 1 is 1.00 bits per heavy atom. The molecule has 0 unspecified atom stereocenters. The highest BCUT2D eigenvalue weighted by Gasteiger charge is 2.37. The van der Waals surface area contributed by atoms with Crippen LogP contribution >= 0.6 is 15.9 Å². The molecule has 10 heteroatoms. The Kier molecular flexibility index (Phi) is 7.06. The molecule has 3 aromatic rings. The first-order valence-electron chi connectivity index (χ1n) is 11.8. The van der Waals surface area contributed by atoms with Gasteiger partial charge in [-0.3, -0.25) is 14.9 Å². The number of aryl methyl sites for hydroxylation is 1. The summed E-state index contributed by atoms with van der Waals surface area (Å²) in [5, 5.41) is 2.22. The molecule has 1 saturated heterocycles. The summed E-state index contributed by atoms with van der Waals surface area (Å²) < 4.78 is 23.1. The van der Waals surface area contributed by atoms with Crippen molar-refractivity contribution in [3.05, 3.63) is 81.3 Å². The highest BCUT2D eigenvalue weighted by molar-refractivity contribution is 9.10. The van der Waals surface area contributed by atoms with Crippen molar-refractivity contribution in [3.8, 4) is 23.0 Å². The zero-order valence-electron chi connectivity index (χ0n) is 20.6. The van der Waals surface area contributed by atoms with Gasteiger partial charge in [-0.15, -0.1) is 0 Å². The van der Waals surface area contributed by atoms with Gasteiger partial charge in [0.25, 0.3) is 11.8 Å². The van der Waals surface area contributed by atoms with E-state index < -0.39 is 17.8 Å². The molecular formula is C28H23BrN2O7. The van der Waals surface area contributed by atoms with E-state index in [0.717, 1.165) is 16.0 Å². The summed E-state index contributed by atoms with van der Waals surface area (Å²) in [5.74, 6) is 0.261. The third-order valence-electron chi connectivity index (χ3n) is 5.86. The number of urea groups is 1. The van der Waals surface area contributed by atoms with Crippen LogP contribution in [0.2, 0.25) is 0 Å². The number of barbiturate groups is 1. The van der Waals surface area contributed by atoms with Crippen molar-refractivity contribution in [2.45, 2.75) is 20.5 Å². The summed E-state index contributed by atoms with van der Waals surface area (Å²) in [5.41, 5.74) is 2.67. The molecule has 0 aromatic heterocycles. The SMILES string of the molecule is CCOc1cc(/C=C2\C(=O)NC(=O)N(c3ccc4c(c3)OCO4)C2=O)cc(Br)c1OCc1ccc(C)cc1. The van der Waals surface area contributed by atoms with E-state index in [2.05, 4.69) is 21.2 Å². The lowest BCUT2D eigenvalue weighted by atomic mass is 10.1. The zero-order chi connectivity index (χ0) is 26.8. The molecule has 0 spiro atoms. The summed E-state index contributed by atoms with van der Waals surface area (Å²) in [6.07, 6.45) is 1.40. The van der Waals surface area contributed by atoms with Gasteiger partial charge < -0.3 is 18.9 Å².